The maximum atomic E-state index is 2.58. The Hall–Kier alpha value is -6.38. The van der Waals surface area contributed by atoms with Gasteiger partial charge in [0, 0.05) is 32.9 Å². The largest absolute Gasteiger partial charge is 0.309 e. The zero-order valence-electron chi connectivity index (χ0n) is 32.5. The fourth-order valence-corrected chi connectivity index (χ4v) is 9.82. The van der Waals surface area contributed by atoms with Gasteiger partial charge in [0.05, 0.1) is 22.1 Å². The molecule has 0 unspecified atom stereocenters. The van der Waals surface area contributed by atoms with E-state index in [4.69, 9.17) is 0 Å². The lowest BCUT2D eigenvalue weighted by Gasteiger charge is -2.42. The van der Waals surface area contributed by atoms with E-state index in [1.54, 1.807) is 0 Å². The van der Waals surface area contributed by atoms with E-state index in [1.807, 2.05) is 0 Å². The molecule has 11 rings (SSSR count). The Kier molecular flexibility index (Phi) is 7.11. The molecule has 10 aromatic rings. The van der Waals surface area contributed by atoms with Crippen LogP contribution in [-0.4, -0.2) is 9.13 Å². The van der Waals surface area contributed by atoms with E-state index in [0.717, 1.165) is 0 Å². The second-order valence-corrected chi connectivity index (χ2v) is 17.3. The Labute approximate surface area is 328 Å². The maximum absolute atomic E-state index is 2.58. The lowest BCUT2D eigenvalue weighted by Crippen LogP contribution is -2.33. The van der Waals surface area contributed by atoms with Crippen LogP contribution in [0.15, 0.2) is 170 Å². The number of rotatable bonds is 4. The van der Waals surface area contributed by atoms with Crippen LogP contribution in [0.25, 0.3) is 88.0 Å². The Balaban J connectivity index is 1.33. The van der Waals surface area contributed by atoms with Crippen LogP contribution in [0.2, 0.25) is 0 Å². The topological polar surface area (TPSA) is 9.86 Å². The van der Waals surface area contributed by atoms with Crippen LogP contribution in [0, 0.1) is 0 Å². The van der Waals surface area contributed by atoms with E-state index >= 15 is 0 Å². The van der Waals surface area contributed by atoms with Gasteiger partial charge in [-0.25, -0.2) is 0 Å². The summed E-state index contributed by atoms with van der Waals surface area (Å²) < 4.78 is 5.05. The van der Waals surface area contributed by atoms with Crippen molar-refractivity contribution in [3.8, 4) is 33.6 Å². The molecule has 2 nitrogen and oxygen atoms in total. The molecule has 0 saturated carbocycles. The van der Waals surface area contributed by atoms with Crippen LogP contribution in [0.1, 0.15) is 51.7 Å². The van der Waals surface area contributed by atoms with Crippen molar-refractivity contribution in [2.24, 2.45) is 0 Å². The van der Waals surface area contributed by atoms with Gasteiger partial charge < -0.3 is 9.13 Å². The smallest absolute Gasteiger partial charge is 0.0562 e. The standard InChI is InChI=1S/C54H44N2/c1-53(2)26-27-54(3,4)47-33-49-44(32-46(47)53)43-31-45-51(55(40-21-12-7-13-22-40)48-25-24-37-20-14-15-23-42(37)52(45)48)34-50(43)56(49)41-29-38(35-16-8-5-9-17-35)28-39(30-41)36-18-10-6-11-19-36/h5-25,28-34H,26-27H2,1-4H3. The SMILES string of the molecule is CC1(C)CCC(C)(C)c2cc3c(cc21)c1cc2c4c5ccccc5ccc4n(-c4ccccc4)c2cc1n3-c1cc(-c2ccccc2)cc(-c2ccccc2)c1. The van der Waals surface area contributed by atoms with E-state index in [-0.39, 0.29) is 10.8 Å². The molecule has 2 heterocycles. The van der Waals surface area contributed by atoms with Crippen LogP contribution >= 0.6 is 0 Å². The molecule has 0 N–H and O–H groups in total. The number of aromatic nitrogens is 2. The summed E-state index contributed by atoms with van der Waals surface area (Å²) in [6.45, 7) is 9.77. The summed E-state index contributed by atoms with van der Waals surface area (Å²) in [6, 6.07) is 63.3. The second-order valence-electron chi connectivity index (χ2n) is 17.3. The number of nitrogens with zero attached hydrogens (tertiary/aromatic N) is 2. The van der Waals surface area contributed by atoms with Crippen molar-refractivity contribution in [2.75, 3.05) is 0 Å². The number of para-hydroxylation sites is 1. The van der Waals surface area contributed by atoms with Crippen molar-refractivity contribution < 1.29 is 0 Å². The van der Waals surface area contributed by atoms with E-state index in [1.165, 1.54) is 112 Å². The predicted molar refractivity (Wildman–Crippen MR) is 239 cm³/mol. The summed E-state index contributed by atoms with van der Waals surface area (Å²) >= 11 is 0. The highest BCUT2D eigenvalue weighted by Crippen LogP contribution is 2.50. The molecule has 2 heteroatoms. The molecule has 8 aromatic carbocycles. The van der Waals surface area contributed by atoms with Crippen LogP contribution in [-0.2, 0) is 10.8 Å². The second kappa shape index (κ2) is 12.1. The third-order valence-electron chi connectivity index (χ3n) is 12.9. The Morgan fingerprint density at radius 1 is 0.357 bits per heavy atom. The van der Waals surface area contributed by atoms with Gasteiger partial charge in [-0.15, -0.1) is 0 Å². The molecule has 1 aliphatic rings. The molecule has 0 amide bonds. The van der Waals surface area contributed by atoms with Gasteiger partial charge in [0.25, 0.3) is 0 Å². The monoisotopic (exact) mass is 720 g/mol. The lowest BCUT2D eigenvalue weighted by atomic mass is 9.63. The molecule has 0 atom stereocenters. The van der Waals surface area contributed by atoms with Gasteiger partial charge in [-0.1, -0.05) is 137 Å². The highest BCUT2D eigenvalue weighted by molar-refractivity contribution is 6.25. The molecule has 0 saturated heterocycles. The molecule has 2 aromatic heterocycles. The highest BCUT2D eigenvalue weighted by atomic mass is 15.0. The average Bonchev–Trinajstić information content (AvgIpc) is 3.73. The van der Waals surface area contributed by atoms with Crippen molar-refractivity contribution in [1.82, 2.24) is 9.13 Å². The van der Waals surface area contributed by atoms with Gasteiger partial charge in [-0.05, 0) is 128 Å². The molecule has 0 aliphatic heterocycles. The van der Waals surface area contributed by atoms with E-state index in [0.29, 0.717) is 0 Å². The molecule has 56 heavy (non-hydrogen) atoms. The normalized spacial score (nSPS) is 14.9. The number of hydrogen-bond donors (Lipinski definition) is 0. The minimum atomic E-state index is 0.0745. The van der Waals surface area contributed by atoms with Crippen molar-refractivity contribution in [1.29, 1.82) is 0 Å². The molecule has 0 spiro atoms. The molecular weight excluding hydrogens is 677 g/mol. The first kappa shape index (κ1) is 33.0. The van der Waals surface area contributed by atoms with Gasteiger partial charge in [0.15, 0.2) is 0 Å². The van der Waals surface area contributed by atoms with Crippen LogP contribution in [0.4, 0.5) is 0 Å². The molecule has 0 fully saturated rings. The van der Waals surface area contributed by atoms with Crippen molar-refractivity contribution in [2.45, 2.75) is 51.4 Å². The van der Waals surface area contributed by atoms with Crippen LogP contribution in [0.5, 0.6) is 0 Å². The summed E-state index contributed by atoms with van der Waals surface area (Å²) in [4.78, 5) is 0. The quantitative estimate of drug-likeness (QED) is 0.171. The van der Waals surface area contributed by atoms with Gasteiger partial charge in [0.1, 0.15) is 0 Å². The summed E-state index contributed by atoms with van der Waals surface area (Å²) in [5.41, 5.74) is 15.2. The molecule has 270 valence electrons. The zero-order valence-corrected chi connectivity index (χ0v) is 32.5. The number of fused-ring (bicyclic) bond motifs is 9. The molecule has 0 bridgehead atoms. The van der Waals surface area contributed by atoms with Gasteiger partial charge >= 0.3 is 0 Å². The maximum Gasteiger partial charge on any atom is 0.0562 e. The third-order valence-corrected chi connectivity index (χ3v) is 12.9. The van der Waals surface area contributed by atoms with Crippen molar-refractivity contribution in [3.63, 3.8) is 0 Å². The summed E-state index contributed by atoms with van der Waals surface area (Å²) in [7, 11) is 0. The van der Waals surface area contributed by atoms with Gasteiger partial charge in [0.2, 0.25) is 0 Å². The fraction of sp³-hybridized carbons (Fsp3) is 0.148. The van der Waals surface area contributed by atoms with Gasteiger partial charge in [-0.3, -0.25) is 0 Å². The lowest BCUT2D eigenvalue weighted by molar-refractivity contribution is 0.332. The van der Waals surface area contributed by atoms with Crippen molar-refractivity contribution >= 4 is 54.4 Å². The van der Waals surface area contributed by atoms with E-state index < -0.39 is 0 Å². The van der Waals surface area contributed by atoms with E-state index in [2.05, 4.69) is 207 Å². The van der Waals surface area contributed by atoms with E-state index in [9.17, 15) is 0 Å². The first-order chi connectivity index (χ1) is 27.2. The van der Waals surface area contributed by atoms with Crippen LogP contribution in [0.3, 0.4) is 0 Å². The minimum absolute atomic E-state index is 0.0745. The zero-order chi connectivity index (χ0) is 37.8. The Morgan fingerprint density at radius 3 is 1.54 bits per heavy atom. The van der Waals surface area contributed by atoms with Crippen LogP contribution < -0.4 is 0 Å². The van der Waals surface area contributed by atoms with Crippen molar-refractivity contribution in [3.05, 3.63) is 181 Å². The number of benzene rings is 8. The molecule has 0 radical (unpaired) electrons. The summed E-state index contributed by atoms with van der Waals surface area (Å²) in [5.74, 6) is 0. The summed E-state index contributed by atoms with van der Waals surface area (Å²) in [5, 5.41) is 7.75. The number of hydrogen-bond acceptors (Lipinski definition) is 0. The fourth-order valence-electron chi connectivity index (χ4n) is 9.82. The first-order valence-corrected chi connectivity index (χ1v) is 20.1. The molecular formula is C54H44N2. The summed E-state index contributed by atoms with van der Waals surface area (Å²) in [6.07, 6.45) is 2.35. The Bertz CT molecular complexity index is 3100. The van der Waals surface area contributed by atoms with Gasteiger partial charge in [-0.2, -0.15) is 0 Å². The highest BCUT2D eigenvalue weighted by Gasteiger charge is 2.38. The third kappa shape index (κ3) is 4.95. The minimum Gasteiger partial charge on any atom is -0.309 e. The average molecular weight is 721 g/mol. The first-order valence-electron chi connectivity index (χ1n) is 20.1. The Morgan fingerprint density at radius 2 is 0.875 bits per heavy atom. The molecule has 1 aliphatic carbocycles. The predicted octanol–water partition coefficient (Wildman–Crippen LogP) is 14.7.